The van der Waals surface area contributed by atoms with E-state index in [9.17, 15) is 13.2 Å². The summed E-state index contributed by atoms with van der Waals surface area (Å²) < 4.78 is 26.4. The van der Waals surface area contributed by atoms with E-state index in [-0.39, 0.29) is 18.9 Å². The Bertz CT molecular complexity index is 886. The number of carbonyl (C=O) groups excluding carboxylic acids is 1. The highest BCUT2D eigenvalue weighted by Crippen LogP contribution is 2.27. The molecule has 0 aliphatic heterocycles. The first-order chi connectivity index (χ1) is 12.2. The largest absolute Gasteiger partial charge is 0.301 e. The Morgan fingerprint density at radius 2 is 2.12 bits per heavy atom. The van der Waals surface area contributed by atoms with E-state index in [4.69, 9.17) is 11.6 Å². The first-order valence-electron chi connectivity index (χ1n) is 7.62. The Balaban J connectivity index is 1.99. The predicted molar refractivity (Wildman–Crippen MR) is 108 cm³/mol. The summed E-state index contributed by atoms with van der Waals surface area (Å²) in [7, 11) is -3.49. The van der Waals surface area contributed by atoms with Gasteiger partial charge in [-0.15, -0.1) is 10.2 Å². The van der Waals surface area contributed by atoms with Crippen LogP contribution in [-0.4, -0.2) is 43.6 Å². The summed E-state index contributed by atoms with van der Waals surface area (Å²) >= 11 is 8.74. The highest BCUT2D eigenvalue weighted by Gasteiger charge is 2.20. The molecule has 0 aliphatic rings. The fourth-order valence-electron chi connectivity index (χ4n) is 2.22. The van der Waals surface area contributed by atoms with Crippen molar-refractivity contribution in [2.45, 2.75) is 24.1 Å². The number of carbonyl (C=O) groups is 1. The minimum atomic E-state index is -3.49. The number of anilines is 2. The minimum absolute atomic E-state index is 0.166. The average molecular weight is 435 g/mol. The molecule has 0 aliphatic carbocycles. The molecule has 0 bridgehead atoms. The third-order valence-corrected chi connectivity index (χ3v) is 6.66. The topological polar surface area (TPSA) is 92.3 Å². The summed E-state index contributed by atoms with van der Waals surface area (Å²) in [6.07, 6.45) is 3.54. The van der Waals surface area contributed by atoms with Crippen LogP contribution < -0.4 is 9.62 Å². The second-order valence-electron chi connectivity index (χ2n) is 5.49. The Morgan fingerprint density at radius 1 is 1.38 bits per heavy atom. The Hall–Kier alpha value is -1.36. The van der Waals surface area contributed by atoms with Gasteiger partial charge in [-0.25, -0.2) is 8.42 Å². The van der Waals surface area contributed by atoms with Gasteiger partial charge in [0, 0.05) is 18.0 Å². The zero-order chi connectivity index (χ0) is 19.3. The van der Waals surface area contributed by atoms with E-state index in [1.807, 2.05) is 13.2 Å². The maximum absolute atomic E-state index is 12.2. The fourth-order valence-corrected chi connectivity index (χ4v) is 4.59. The summed E-state index contributed by atoms with van der Waals surface area (Å²) in [5.74, 6) is -0.231. The van der Waals surface area contributed by atoms with Crippen LogP contribution in [0.15, 0.2) is 22.5 Å². The van der Waals surface area contributed by atoms with Gasteiger partial charge in [-0.3, -0.25) is 9.10 Å². The number of halogens is 1. The molecule has 1 N–H and O–H groups in total. The lowest BCUT2D eigenvalue weighted by Crippen LogP contribution is -2.32. The van der Waals surface area contributed by atoms with Crippen LogP contribution in [0.25, 0.3) is 0 Å². The minimum Gasteiger partial charge on any atom is -0.301 e. The summed E-state index contributed by atoms with van der Waals surface area (Å²) in [6.45, 7) is 1.99. The van der Waals surface area contributed by atoms with E-state index in [1.54, 1.807) is 18.2 Å². The molecule has 11 heteroatoms. The van der Waals surface area contributed by atoms with Gasteiger partial charge >= 0.3 is 0 Å². The Kier molecular flexibility index (Phi) is 7.27. The standard InChI is InChI=1S/C15H19ClN4O3S3/c1-10-6-7-11(16)9-12(10)20(26(3,22)23)8-4-5-13(21)17-14-18-19-15(24-2)25-14/h6-7,9H,4-5,8H2,1-3H3,(H,17,18,21). The molecule has 0 spiro atoms. The van der Waals surface area contributed by atoms with Crippen molar-refractivity contribution in [3.63, 3.8) is 0 Å². The average Bonchev–Trinajstić information content (AvgIpc) is 3.00. The van der Waals surface area contributed by atoms with Crippen molar-refractivity contribution < 1.29 is 13.2 Å². The lowest BCUT2D eigenvalue weighted by molar-refractivity contribution is -0.116. The van der Waals surface area contributed by atoms with Gasteiger partial charge in [0.05, 0.1) is 11.9 Å². The molecule has 0 atom stereocenters. The quantitative estimate of drug-likeness (QED) is 0.505. The van der Waals surface area contributed by atoms with Gasteiger partial charge in [-0.2, -0.15) is 0 Å². The number of rotatable bonds is 8. The zero-order valence-electron chi connectivity index (χ0n) is 14.5. The van der Waals surface area contributed by atoms with Crippen LogP contribution in [0.2, 0.25) is 5.02 Å². The van der Waals surface area contributed by atoms with Crippen molar-refractivity contribution in [2.24, 2.45) is 0 Å². The Labute approximate surface area is 166 Å². The molecule has 7 nitrogen and oxygen atoms in total. The predicted octanol–water partition coefficient (Wildman–Crippen LogP) is 3.41. The van der Waals surface area contributed by atoms with Crippen LogP contribution in [-0.2, 0) is 14.8 Å². The molecule has 1 amide bonds. The third-order valence-electron chi connectivity index (χ3n) is 3.43. The molecule has 0 saturated heterocycles. The molecule has 1 heterocycles. The summed E-state index contributed by atoms with van der Waals surface area (Å²) in [6, 6.07) is 5.09. The van der Waals surface area contributed by atoms with Crippen LogP contribution in [0.1, 0.15) is 18.4 Å². The molecular weight excluding hydrogens is 416 g/mol. The van der Waals surface area contributed by atoms with Crippen molar-refractivity contribution in [2.75, 3.05) is 28.7 Å². The van der Waals surface area contributed by atoms with Crippen molar-refractivity contribution in [3.8, 4) is 0 Å². The van der Waals surface area contributed by atoms with Gasteiger partial charge in [0.1, 0.15) is 0 Å². The molecule has 2 rings (SSSR count). The van der Waals surface area contributed by atoms with E-state index in [0.29, 0.717) is 22.3 Å². The summed E-state index contributed by atoms with van der Waals surface area (Å²) in [5, 5.41) is 11.3. The molecule has 142 valence electrons. The van der Waals surface area contributed by atoms with Crippen LogP contribution in [0, 0.1) is 6.92 Å². The number of sulfonamides is 1. The summed E-state index contributed by atoms with van der Waals surface area (Å²) in [5.41, 5.74) is 1.32. The van der Waals surface area contributed by atoms with Crippen molar-refractivity contribution in [1.29, 1.82) is 0 Å². The number of nitrogens with zero attached hydrogens (tertiary/aromatic N) is 3. The summed E-state index contributed by atoms with van der Waals surface area (Å²) in [4.78, 5) is 12.0. The number of hydrogen-bond acceptors (Lipinski definition) is 7. The lowest BCUT2D eigenvalue weighted by atomic mass is 10.2. The van der Waals surface area contributed by atoms with E-state index in [2.05, 4.69) is 15.5 Å². The number of nitrogens with one attached hydrogen (secondary N) is 1. The van der Waals surface area contributed by atoms with Gasteiger partial charge in [0.15, 0.2) is 4.34 Å². The maximum atomic E-state index is 12.2. The Morgan fingerprint density at radius 3 is 2.73 bits per heavy atom. The van der Waals surface area contributed by atoms with Crippen LogP contribution >= 0.6 is 34.7 Å². The fraction of sp³-hybridized carbons (Fsp3) is 0.400. The van der Waals surface area contributed by atoms with Gasteiger partial charge in [0.2, 0.25) is 21.1 Å². The molecular formula is C15H19ClN4O3S3. The molecule has 0 unspecified atom stereocenters. The van der Waals surface area contributed by atoms with Gasteiger partial charge in [-0.05, 0) is 37.3 Å². The van der Waals surface area contributed by atoms with Crippen molar-refractivity contribution in [1.82, 2.24) is 10.2 Å². The number of benzene rings is 1. The van der Waals surface area contributed by atoms with Gasteiger partial charge in [-0.1, -0.05) is 40.8 Å². The number of thioether (sulfide) groups is 1. The molecule has 0 saturated carbocycles. The van der Waals surface area contributed by atoms with Crippen LogP contribution in [0.4, 0.5) is 10.8 Å². The number of hydrogen-bond donors (Lipinski definition) is 1. The van der Waals surface area contributed by atoms with Crippen LogP contribution in [0.5, 0.6) is 0 Å². The SMILES string of the molecule is CSc1nnc(NC(=O)CCCN(c2cc(Cl)ccc2C)S(C)(=O)=O)s1. The van der Waals surface area contributed by atoms with Crippen molar-refractivity contribution >= 4 is 61.4 Å². The monoisotopic (exact) mass is 434 g/mol. The molecule has 1 aromatic carbocycles. The third kappa shape index (κ3) is 5.83. The van der Waals surface area contributed by atoms with Crippen LogP contribution in [0.3, 0.4) is 0 Å². The van der Waals surface area contributed by atoms with Crippen molar-refractivity contribution in [3.05, 3.63) is 28.8 Å². The van der Waals surface area contributed by atoms with E-state index < -0.39 is 10.0 Å². The normalized spacial score (nSPS) is 11.4. The highest BCUT2D eigenvalue weighted by atomic mass is 35.5. The molecule has 1 aromatic heterocycles. The highest BCUT2D eigenvalue weighted by molar-refractivity contribution is 8.00. The number of amides is 1. The second kappa shape index (κ2) is 9.03. The van der Waals surface area contributed by atoms with E-state index >= 15 is 0 Å². The van der Waals surface area contributed by atoms with Gasteiger partial charge in [0.25, 0.3) is 0 Å². The molecule has 0 radical (unpaired) electrons. The van der Waals surface area contributed by atoms with E-state index in [1.165, 1.54) is 27.4 Å². The molecule has 26 heavy (non-hydrogen) atoms. The second-order valence-corrected chi connectivity index (χ2v) is 9.87. The molecule has 0 fully saturated rings. The molecule has 2 aromatic rings. The number of aryl methyl sites for hydroxylation is 1. The lowest BCUT2D eigenvalue weighted by Gasteiger charge is -2.24. The first kappa shape index (κ1) is 20.9. The van der Waals surface area contributed by atoms with Gasteiger partial charge < -0.3 is 5.32 Å². The van der Waals surface area contributed by atoms with E-state index in [0.717, 1.165) is 16.2 Å². The first-order valence-corrected chi connectivity index (χ1v) is 11.9. The zero-order valence-corrected chi connectivity index (χ0v) is 17.7. The smallest absolute Gasteiger partial charge is 0.232 e. The maximum Gasteiger partial charge on any atom is 0.232 e. The number of aromatic nitrogens is 2.